The predicted octanol–water partition coefficient (Wildman–Crippen LogP) is 3.52. The Labute approximate surface area is 185 Å². The molecule has 0 atom stereocenters. The first kappa shape index (κ1) is 21.1. The third-order valence-corrected chi connectivity index (χ3v) is 5.38. The van der Waals surface area contributed by atoms with Crippen LogP contribution in [0.25, 0.3) is 11.3 Å². The monoisotopic (exact) mass is 438 g/mol. The summed E-state index contributed by atoms with van der Waals surface area (Å²) in [6.45, 7) is 1.88. The average Bonchev–Trinajstić information content (AvgIpc) is 3.21. The largest absolute Gasteiger partial charge is 0.383 e. The molecule has 1 aliphatic rings. The maximum atomic E-state index is 12.7. The average molecular weight is 439 g/mol. The number of hydrogen-bond donors (Lipinski definition) is 1. The van der Waals surface area contributed by atoms with Crippen molar-refractivity contribution in [3.63, 3.8) is 0 Å². The first-order valence-corrected chi connectivity index (χ1v) is 10.4. The summed E-state index contributed by atoms with van der Waals surface area (Å²) in [6, 6.07) is 16.7. The second-order valence-electron chi connectivity index (χ2n) is 7.30. The molecule has 0 spiro atoms. The number of aryl methyl sites for hydroxylation is 1. The summed E-state index contributed by atoms with van der Waals surface area (Å²) >= 11 is 6.12. The molecule has 160 valence electrons. The van der Waals surface area contributed by atoms with Gasteiger partial charge in [-0.3, -0.25) is 14.5 Å². The van der Waals surface area contributed by atoms with Gasteiger partial charge in [0.05, 0.1) is 25.4 Å². The Morgan fingerprint density at radius 2 is 2.00 bits per heavy atom. The van der Waals surface area contributed by atoms with Crippen molar-refractivity contribution in [2.24, 2.45) is 0 Å². The maximum Gasteiger partial charge on any atom is 0.251 e. The minimum Gasteiger partial charge on any atom is -0.383 e. The predicted molar refractivity (Wildman–Crippen MR) is 119 cm³/mol. The van der Waals surface area contributed by atoms with Gasteiger partial charge >= 0.3 is 0 Å². The van der Waals surface area contributed by atoms with Gasteiger partial charge < -0.3 is 10.1 Å². The van der Waals surface area contributed by atoms with Crippen LogP contribution in [0.2, 0.25) is 5.02 Å². The van der Waals surface area contributed by atoms with E-state index in [1.165, 1.54) is 0 Å². The molecule has 8 heteroatoms. The van der Waals surface area contributed by atoms with Crippen LogP contribution in [0.5, 0.6) is 0 Å². The molecule has 1 aromatic heterocycles. The number of fused-ring (bicyclic) bond motifs is 1. The fraction of sp³-hybridized carbons (Fsp3) is 0.261. The van der Waals surface area contributed by atoms with Crippen LogP contribution >= 0.6 is 11.6 Å². The molecular weight excluding hydrogens is 416 g/mol. The summed E-state index contributed by atoms with van der Waals surface area (Å²) in [7, 11) is 1.59. The van der Waals surface area contributed by atoms with Gasteiger partial charge in [0.25, 0.3) is 5.91 Å². The number of rotatable bonds is 7. The van der Waals surface area contributed by atoms with E-state index < -0.39 is 0 Å². The zero-order chi connectivity index (χ0) is 21.8. The summed E-state index contributed by atoms with van der Waals surface area (Å²) in [5.41, 5.74) is 3.18. The van der Waals surface area contributed by atoms with Crippen LogP contribution in [0, 0.1) is 0 Å². The molecule has 0 aliphatic carbocycles. The fourth-order valence-electron chi connectivity index (χ4n) is 3.52. The Kier molecular flexibility index (Phi) is 6.34. The number of methoxy groups -OCH3 is 1. The van der Waals surface area contributed by atoms with E-state index in [0.717, 1.165) is 22.6 Å². The second kappa shape index (κ2) is 9.32. The van der Waals surface area contributed by atoms with Crippen LogP contribution in [0.4, 0.5) is 5.82 Å². The van der Waals surface area contributed by atoms with Gasteiger partial charge in [-0.05, 0) is 29.8 Å². The highest BCUT2D eigenvalue weighted by Gasteiger charge is 2.26. The molecule has 3 aromatic rings. The van der Waals surface area contributed by atoms with Gasteiger partial charge in [0.2, 0.25) is 5.91 Å². The molecule has 7 nitrogen and oxygen atoms in total. The maximum absolute atomic E-state index is 12.7. The number of benzene rings is 2. The van der Waals surface area contributed by atoms with Crippen molar-refractivity contribution >= 4 is 29.2 Å². The lowest BCUT2D eigenvalue weighted by atomic mass is 10.1. The molecule has 1 N–H and O–H groups in total. The first-order chi connectivity index (χ1) is 15.0. The number of carbonyl (C=O) groups excluding carboxylic acids is 2. The molecule has 0 radical (unpaired) electrons. The lowest BCUT2D eigenvalue weighted by Gasteiger charge is -2.27. The molecule has 2 amide bonds. The Morgan fingerprint density at radius 1 is 1.19 bits per heavy atom. The molecule has 0 unspecified atom stereocenters. The summed E-state index contributed by atoms with van der Waals surface area (Å²) in [6.07, 6.45) is 0.393. The summed E-state index contributed by atoms with van der Waals surface area (Å²) < 4.78 is 6.80. The minimum absolute atomic E-state index is 0.0476. The first-order valence-electron chi connectivity index (χ1n) is 10.1. The van der Waals surface area contributed by atoms with E-state index in [2.05, 4.69) is 10.4 Å². The highest BCUT2D eigenvalue weighted by molar-refractivity contribution is 6.30. The highest BCUT2D eigenvalue weighted by atomic mass is 35.5. The minimum atomic E-state index is -0.151. The van der Waals surface area contributed by atoms with Gasteiger partial charge in [-0.2, -0.15) is 5.10 Å². The van der Waals surface area contributed by atoms with Crippen molar-refractivity contribution < 1.29 is 14.3 Å². The van der Waals surface area contributed by atoms with Gasteiger partial charge in [-0.1, -0.05) is 35.9 Å². The number of hydrogen-bond acceptors (Lipinski definition) is 4. The summed E-state index contributed by atoms with van der Waals surface area (Å²) in [5, 5.41) is 8.10. The molecule has 2 aromatic carbocycles. The lowest BCUT2D eigenvalue weighted by molar-refractivity contribution is -0.119. The van der Waals surface area contributed by atoms with Crippen molar-refractivity contribution in [1.82, 2.24) is 15.1 Å². The van der Waals surface area contributed by atoms with Crippen LogP contribution in [0.1, 0.15) is 22.3 Å². The molecule has 0 saturated carbocycles. The number of aromatic nitrogens is 2. The number of nitrogens with zero attached hydrogens (tertiary/aromatic N) is 3. The summed E-state index contributed by atoms with van der Waals surface area (Å²) in [5.74, 6) is 0.654. The quantitative estimate of drug-likeness (QED) is 0.572. The van der Waals surface area contributed by atoms with Crippen LogP contribution in [0.3, 0.4) is 0 Å². The van der Waals surface area contributed by atoms with Gasteiger partial charge in [-0.25, -0.2) is 4.68 Å². The third kappa shape index (κ3) is 4.78. The van der Waals surface area contributed by atoms with E-state index >= 15 is 0 Å². The van der Waals surface area contributed by atoms with E-state index in [4.69, 9.17) is 16.3 Å². The Morgan fingerprint density at radius 3 is 2.74 bits per heavy atom. The molecule has 0 saturated heterocycles. The second-order valence-corrected chi connectivity index (χ2v) is 7.73. The Bertz CT molecular complexity index is 1090. The zero-order valence-corrected chi connectivity index (χ0v) is 17.9. The van der Waals surface area contributed by atoms with E-state index in [0.29, 0.717) is 43.2 Å². The number of amides is 2. The van der Waals surface area contributed by atoms with Gasteiger partial charge in [0.15, 0.2) is 0 Å². The van der Waals surface area contributed by atoms with Crippen LogP contribution < -0.4 is 10.2 Å². The normalized spacial score (nSPS) is 13.2. The van der Waals surface area contributed by atoms with Gasteiger partial charge in [-0.15, -0.1) is 0 Å². The number of ether oxygens (including phenoxy) is 1. The van der Waals surface area contributed by atoms with E-state index in [1.54, 1.807) is 24.1 Å². The van der Waals surface area contributed by atoms with Crippen molar-refractivity contribution in [2.45, 2.75) is 19.5 Å². The topological polar surface area (TPSA) is 76.5 Å². The van der Waals surface area contributed by atoms with E-state index in [1.807, 2.05) is 47.1 Å². The molecule has 0 bridgehead atoms. The molecule has 2 heterocycles. The molecule has 1 aliphatic heterocycles. The smallest absolute Gasteiger partial charge is 0.251 e. The Balaban J connectivity index is 1.52. The molecular formula is C23H23ClN4O3. The highest BCUT2D eigenvalue weighted by Crippen LogP contribution is 2.30. The van der Waals surface area contributed by atoms with Crippen molar-refractivity contribution in [3.8, 4) is 11.3 Å². The molecule has 4 rings (SSSR count). The van der Waals surface area contributed by atoms with Crippen molar-refractivity contribution in [1.29, 1.82) is 0 Å². The van der Waals surface area contributed by atoms with Crippen molar-refractivity contribution in [2.75, 3.05) is 25.2 Å². The van der Waals surface area contributed by atoms with Crippen LogP contribution in [-0.2, 0) is 22.6 Å². The lowest BCUT2D eigenvalue weighted by Crippen LogP contribution is -2.36. The summed E-state index contributed by atoms with van der Waals surface area (Å²) in [4.78, 5) is 26.6. The van der Waals surface area contributed by atoms with Crippen molar-refractivity contribution in [3.05, 3.63) is 70.7 Å². The van der Waals surface area contributed by atoms with Crippen LogP contribution in [0.15, 0.2) is 54.6 Å². The number of halogens is 1. The third-order valence-electron chi connectivity index (χ3n) is 5.14. The number of carbonyl (C=O) groups is 2. The van der Waals surface area contributed by atoms with Crippen LogP contribution in [-0.4, -0.2) is 41.9 Å². The molecule has 0 fully saturated rings. The number of anilines is 1. The van der Waals surface area contributed by atoms with Gasteiger partial charge in [0.1, 0.15) is 5.82 Å². The Hall–Kier alpha value is -3.16. The SMILES string of the molecule is COCCNC(=O)c1ccc(CN2C(=O)CCn3nc(-c4cccc(Cl)c4)cc32)cc1. The fourth-order valence-corrected chi connectivity index (χ4v) is 3.71. The van der Waals surface area contributed by atoms with E-state index in [9.17, 15) is 9.59 Å². The van der Waals surface area contributed by atoms with E-state index in [-0.39, 0.29) is 11.8 Å². The standard InChI is InChI=1S/C23H23ClN4O3/c1-31-12-10-25-23(30)17-7-5-16(6-8-17)15-27-21-14-20(18-3-2-4-19(24)13-18)26-28(21)11-9-22(27)29/h2-8,13-14H,9-12,15H2,1H3,(H,25,30). The number of nitrogens with one attached hydrogen (secondary N) is 1. The molecule has 31 heavy (non-hydrogen) atoms. The zero-order valence-electron chi connectivity index (χ0n) is 17.2. The van der Waals surface area contributed by atoms with Gasteiger partial charge in [0, 0.05) is 42.3 Å².